The second-order valence-electron chi connectivity index (χ2n) is 3.33. The lowest BCUT2D eigenvalue weighted by Gasteiger charge is -1.93. The number of nitrogens with zero attached hydrogens (tertiary/aromatic N) is 4. The third-order valence-corrected chi connectivity index (χ3v) is 3.88. The highest BCUT2D eigenvalue weighted by Gasteiger charge is 2.14. The molecule has 0 saturated carbocycles. The SMILES string of the molecule is CCCc1nnsc1-c1nnc(CNC)s1. The topological polar surface area (TPSA) is 63.6 Å². The summed E-state index contributed by atoms with van der Waals surface area (Å²) in [6, 6.07) is 0. The molecule has 0 saturated heterocycles. The highest BCUT2D eigenvalue weighted by Crippen LogP contribution is 2.29. The van der Waals surface area contributed by atoms with Gasteiger partial charge in [-0.3, -0.25) is 0 Å². The van der Waals surface area contributed by atoms with Crippen LogP contribution in [-0.4, -0.2) is 26.8 Å². The van der Waals surface area contributed by atoms with E-state index in [-0.39, 0.29) is 0 Å². The predicted octanol–water partition coefficient (Wildman–Crippen LogP) is 1.73. The second-order valence-corrected chi connectivity index (χ2v) is 5.15. The summed E-state index contributed by atoms with van der Waals surface area (Å²) in [6.45, 7) is 2.89. The van der Waals surface area contributed by atoms with Gasteiger partial charge in [0.1, 0.15) is 9.88 Å². The van der Waals surface area contributed by atoms with E-state index in [1.807, 2.05) is 7.05 Å². The molecule has 0 unspecified atom stereocenters. The van der Waals surface area contributed by atoms with Crippen molar-refractivity contribution in [3.8, 4) is 9.88 Å². The van der Waals surface area contributed by atoms with Gasteiger partial charge in [-0.05, 0) is 25.0 Å². The molecule has 0 spiro atoms. The number of rotatable bonds is 5. The summed E-state index contributed by atoms with van der Waals surface area (Å²) in [7, 11) is 1.90. The van der Waals surface area contributed by atoms with Crippen molar-refractivity contribution in [3.05, 3.63) is 10.7 Å². The fourth-order valence-corrected chi connectivity index (χ4v) is 2.98. The lowest BCUT2D eigenvalue weighted by atomic mass is 10.2. The molecule has 86 valence electrons. The van der Waals surface area contributed by atoms with Crippen molar-refractivity contribution < 1.29 is 0 Å². The van der Waals surface area contributed by atoms with Crippen molar-refractivity contribution >= 4 is 22.9 Å². The fraction of sp³-hybridized carbons (Fsp3) is 0.556. The number of nitrogens with one attached hydrogen (secondary N) is 1. The summed E-state index contributed by atoms with van der Waals surface area (Å²) in [5.41, 5.74) is 1.04. The second kappa shape index (κ2) is 5.42. The molecule has 0 aliphatic rings. The van der Waals surface area contributed by atoms with Gasteiger partial charge in [0.15, 0.2) is 5.01 Å². The van der Waals surface area contributed by atoms with Crippen molar-refractivity contribution in [3.63, 3.8) is 0 Å². The van der Waals surface area contributed by atoms with Crippen LogP contribution in [0.25, 0.3) is 9.88 Å². The molecule has 1 N–H and O–H groups in total. The minimum Gasteiger partial charge on any atom is -0.313 e. The minimum absolute atomic E-state index is 0.757. The van der Waals surface area contributed by atoms with Gasteiger partial charge in [-0.2, -0.15) is 0 Å². The zero-order valence-corrected chi connectivity index (χ0v) is 10.9. The fourth-order valence-electron chi connectivity index (χ4n) is 1.34. The number of hydrogen-bond acceptors (Lipinski definition) is 7. The third-order valence-electron chi connectivity index (χ3n) is 2.03. The monoisotopic (exact) mass is 255 g/mol. The van der Waals surface area contributed by atoms with Gasteiger partial charge in [-0.1, -0.05) is 29.2 Å². The van der Waals surface area contributed by atoms with E-state index >= 15 is 0 Å². The van der Waals surface area contributed by atoms with Crippen molar-refractivity contribution in [2.24, 2.45) is 0 Å². The summed E-state index contributed by atoms with van der Waals surface area (Å²) in [6.07, 6.45) is 2.02. The number of aromatic nitrogens is 4. The van der Waals surface area contributed by atoms with Crippen LogP contribution in [0.3, 0.4) is 0 Å². The Morgan fingerprint density at radius 2 is 2.12 bits per heavy atom. The average Bonchev–Trinajstić information content (AvgIpc) is 2.87. The Morgan fingerprint density at radius 1 is 1.25 bits per heavy atom. The van der Waals surface area contributed by atoms with Crippen molar-refractivity contribution in [2.45, 2.75) is 26.3 Å². The summed E-state index contributed by atoms with van der Waals surface area (Å²) in [5, 5.41) is 17.4. The average molecular weight is 255 g/mol. The Labute approximate surface area is 102 Å². The molecule has 0 amide bonds. The largest absolute Gasteiger partial charge is 0.313 e. The smallest absolute Gasteiger partial charge is 0.161 e. The van der Waals surface area contributed by atoms with Crippen LogP contribution in [0, 0.1) is 0 Å². The zero-order valence-electron chi connectivity index (χ0n) is 9.23. The first kappa shape index (κ1) is 11.6. The molecular formula is C9H13N5S2. The molecule has 0 aliphatic carbocycles. The summed E-state index contributed by atoms with van der Waals surface area (Å²) < 4.78 is 3.99. The molecule has 16 heavy (non-hydrogen) atoms. The maximum Gasteiger partial charge on any atom is 0.161 e. The van der Waals surface area contributed by atoms with Crippen molar-refractivity contribution in [1.82, 2.24) is 25.1 Å². The Kier molecular flexibility index (Phi) is 3.92. The molecule has 0 radical (unpaired) electrons. The van der Waals surface area contributed by atoms with Crippen LogP contribution in [0.2, 0.25) is 0 Å². The molecule has 0 fully saturated rings. The van der Waals surface area contributed by atoms with Crippen LogP contribution in [0.1, 0.15) is 24.0 Å². The normalized spacial score (nSPS) is 10.9. The predicted molar refractivity (Wildman–Crippen MR) is 65.6 cm³/mol. The first-order valence-electron chi connectivity index (χ1n) is 5.13. The molecule has 0 aliphatic heterocycles. The van der Waals surface area contributed by atoms with Gasteiger partial charge in [0.25, 0.3) is 0 Å². The maximum atomic E-state index is 4.18. The van der Waals surface area contributed by atoms with Crippen LogP contribution in [0.15, 0.2) is 0 Å². The highest BCUT2D eigenvalue weighted by atomic mass is 32.1. The highest BCUT2D eigenvalue weighted by molar-refractivity contribution is 7.19. The van der Waals surface area contributed by atoms with E-state index in [0.717, 1.165) is 40.0 Å². The maximum absolute atomic E-state index is 4.18. The van der Waals surface area contributed by atoms with Gasteiger partial charge in [0, 0.05) is 6.54 Å². The molecular weight excluding hydrogens is 242 g/mol. The quantitative estimate of drug-likeness (QED) is 0.881. The molecule has 2 rings (SSSR count). The van der Waals surface area contributed by atoms with Crippen molar-refractivity contribution in [1.29, 1.82) is 0 Å². The minimum atomic E-state index is 0.757. The van der Waals surface area contributed by atoms with Crippen LogP contribution >= 0.6 is 22.9 Å². The Hall–Kier alpha value is -0.920. The molecule has 2 aromatic heterocycles. The molecule has 7 heteroatoms. The van der Waals surface area contributed by atoms with E-state index in [0.29, 0.717) is 0 Å². The van der Waals surface area contributed by atoms with Gasteiger partial charge in [-0.25, -0.2) is 0 Å². The van der Waals surface area contributed by atoms with E-state index < -0.39 is 0 Å². The van der Waals surface area contributed by atoms with E-state index in [1.165, 1.54) is 11.5 Å². The van der Waals surface area contributed by atoms with E-state index in [1.54, 1.807) is 11.3 Å². The lowest BCUT2D eigenvalue weighted by molar-refractivity contribution is 0.794. The van der Waals surface area contributed by atoms with Gasteiger partial charge < -0.3 is 5.32 Å². The number of aryl methyl sites for hydroxylation is 1. The number of hydrogen-bond donors (Lipinski definition) is 1. The van der Waals surface area contributed by atoms with Crippen molar-refractivity contribution in [2.75, 3.05) is 7.05 Å². The van der Waals surface area contributed by atoms with E-state index in [4.69, 9.17) is 0 Å². The molecule has 2 heterocycles. The molecule has 0 aromatic carbocycles. The molecule has 5 nitrogen and oxygen atoms in total. The first-order chi connectivity index (χ1) is 7.85. The van der Waals surface area contributed by atoms with Crippen LogP contribution < -0.4 is 5.32 Å². The summed E-state index contributed by atoms with van der Waals surface area (Å²) in [5.74, 6) is 0. The van der Waals surface area contributed by atoms with Crippen LogP contribution in [-0.2, 0) is 13.0 Å². The Morgan fingerprint density at radius 3 is 2.88 bits per heavy atom. The lowest BCUT2D eigenvalue weighted by Crippen LogP contribution is -2.04. The Balaban J connectivity index is 2.24. The van der Waals surface area contributed by atoms with Crippen LogP contribution in [0.4, 0.5) is 0 Å². The van der Waals surface area contributed by atoms with E-state index in [9.17, 15) is 0 Å². The zero-order chi connectivity index (χ0) is 11.4. The van der Waals surface area contributed by atoms with Gasteiger partial charge in [0.05, 0.1) is 5.69 Å². The summed E-state index contributed by atoms with van der Waals surface area (Å²) >= 11 is 3.00. The molecule has 0 bridgehead atoms. The molecule has 2 aromatic rings. The molecule has 0 atom stereocenters. The van der Waals surface area contributed by atoms with Gasteiger partial charge in [0.2, 0.25) is 0 Å². The van der Waals surface area contributed by atoms with Crippen LogP contribution in [0.5, 0.6) is 0 Å². The Bertz CT molecular complexity index is 450. The summed E-state index contributed by atoms with van der Waals surface area (Å²) in [4.78, 5) is 1.07. The van der Waals surface area contributed by atoms with Gasteiger partial charge in [-0.15, -0.1) is 15.3 Å². The van der Waals surface area contributed by atoms with E-state index in [2.05, 4.69) is 32.0 Å². The van der Waals surface area contributed by atoms with Gasteiger partial charge >= 0.3 is 0 Å². The first-order valence-corrected chi connectivity index (χ1v) is 6.72. The third kappa shape index (κ3) is 2.42. The standard InChI is InChI=1S/C9H13N5S2/c1-3-4-6-8(16-14-11-6)9-13-12-7(15-9)5-10-2/h10H,3-5H2,1-2H3.